The number of para-hydroxylation sites is 6. The Labute approximate surface area is 490 Å². The standard InChI is InChI=1S/C69H45N5Si2/c1-4-22-46(23-5-1)67-70-68(47-24-18-30-51(44-47)75(49-26-6-2-7-27-49)61-40-16-14-38-59(61)73-57-36-12-10-32-53(57)55-34-20-42-63(75)65(55)73)72-69(71-67)48-25-19-31-52(45-48)76(50-28-8-3-9-29-50)62-41-17-15-39-60(62)74-58-37-13-11-33-54(58)56-35-21-43-64(76)66(56)74/h1-45H/i1D,4D,5D,10D,11D,12D,13D,14D,15D,16D,17D,18D,19D,20D,21D,22D,23D,24D,25D,30D,31D,32D,33D,34D,35D,36D,37D,38D,39D,40D,41D,42D,43D,44D,45D. The van der Waals surface area contributed by atoms with Crippen molar-refractivity contribution in [3.63, 3.8) is 0 Å². The van der Waals surface area contributed by atoms with E-state index in [-0.39, 0.29) is 10.4 Å². The van der Waals surface area contributed by atoms with Crippen LogP contribution in [0.15, 0.2) is 272 Å². The lowest BCUT2D eigenvalue weighted by atomic mass is 10.1. The monoisotopic (exact) mass is 1030 g/mol. The van der Waals surface area contributed by atoms with Crippen molar-refractivity contribution in [1.29, 1.82) is 0 Å². The first-order valence-corrected chi connectivity index (χ1v) is 27.3. The molecule has 0 aliphatic carbocycles. The van der Waals surface area contributed by atoms with E-state index in [1.807, 2.05) is 0 Å². The van der Waals surface area contributed by atoms with Gasteiger partial charge in [-0.1, -0.05) is 248 Å². The van der Waals surface area contributed by atoms with Crippen molar-refractivity contribution in [2.24, 2.45) is 0 Å². The summed E-state index contributed by atoms with van der Waals surface area (Å²) in [5, 5.41) is -5.51. The van der Waals surface area contributed by atoms with E-state index in [1.54, 1.807) is 0 Å². The van der Waals surface area contributed by atoms with E-state index in [4.69, 9.17) is 14.6 Å². The van der Waals surface area contributed by atoms with Gasteiger partial charge in [0.1, 0.15) is 0 Å². The number of hydrogen-bond acceptors (Lipinski definition) is 3. The zero-order chi connectivity index (χ0) is 80.4. The van der Waals surface area contributed by atoms with Crippen LogP contribution in [0.25, 0.3) is 89.2 Å². The summed E-state index contributed by atoms with van der Waals surface area (Å²) in [5.41, 5.74) is -5.82. The first-order chi connectivity index (χ1) is 52.3. The molecule has 0 N–H and O–H groups in total. The minimum Gasteiger partial charge on any atom is -0.309 e. The molecule has 7 heteroatoms. The SMILES string of the molecule is [2H]c1c([2H])c([2H])c(-c2nc(-c3c([2H])c([2H])c([2H])c([Si]4(c5ccccc5)c5c([2H])c([2H])c([2H])c([2H])c5-n5c6c([2H])c([2H])c([2H])c([2H])c6c6c([2H])c([2H])c([2H])c4c65)c3[2H])nc(-c3c([2H])c([2H])c([2H])c([Si]4(c5ccccc5)c5c([2H])c([2H])c([2H])c([2H])c5-n5c6c([2H])c([2H])c([2H])c([2H])c6c6c([2H])c([2H])c([2H])c4c65)c3[2H])n2)c([2H])c1[2H]. The molecule has 5 heterocycles. The molecule has 0 spiro atoms. The van der Waals surface area contributed by atoms with E-state index in [9.17, 15) is 38.4 Å². The third kappa shape index (κ3) is 5.86. The highest BCUT2D eigenvalue weighted by molar-refractivity contribution is 7.22. The van der Waals surface area contributed by atoms with Gasteiger partial charge in [0.15, 0.2) is 33.6 Å². The summed E-state index contributed by atoms with van der Waals surface area (Å²) >= 11 is 0. The molecule has 2 aliphatic rings. The Morgan fingerprint density at radius 1 is 0.303 bits per heavy atom. The van der Waals surface area contributed by atoms with Crippen molar-refractivity contribution < 1.29 is 48.0 Å². The molecule has 76 heavy (non-hydrogen) atoms. The highest BCUT2D eigenvalue weighted by atomic mass is 28.3. The van der Waals surface area contributed by atoms with E-state index in [1.165, 1.54) is 60.7 Å². The van der Waals surface area contributed by atoms with Gasteiger partial charge < -0.3 is 9.13 Å². The molecule has 14 aromatic rings. The van der Waals surface area contributed by atoms with Crippen LogP contribution in [0.1, 0.15) is 48.0 Å². The number of benzene rings is 11. The Morgan fingerprint density at radius 3 is 1.16 bits per heavy atom. The van der Waals surface area contributed by atoms with Crippen molar-refractivity contribution in [2.45, 2.75) is 0 Å². The van der Waals surface area contributed by atoms with Crippen LogP contribution in [0.3, 0.4) is 0 Å². The molecule has 0 amide bonds. The van der Waals surface area contributed by atoms with E-state index in [2.05, 4.69) is 9.97 Å². The van der Waals surface area contributed by atoms with E-state index in [0.717, 1.165) is 9.13 Å². The molecule has 3 aromatic heterocycles. The van der Waals surface area contributed by atoms with E-state index >= 15 is 0 Å². The second-order valence-electron chi connectivity index (χ2n) is 17.6. The maximum atomic E-state index is 10.9. The Kier molecular flexibility index (Phi) is 4.55. The van der Waals surface area contributed by atoms with Crippen LogP contribution in [0.5, 0.6) is 0 Å². The topological polar surface area (TPSA) is 48.5 Å². The third-order valence-electron chi connectivity index (χ3n) is 13.9. The van der Waals surface area contributed by atoms with Gasteiger partial charge in [-0.25, -0.2) is 15.0 Å². The summed E-state index contributed by atoms with van der Waals surface area (Å²) < 4.78 is 338. The van der Waals surface area contributed by atoms with Crippen LogP contribution in [0.4, 0.5) is 0 Å². The molecule has 11 aromatic carbocycles. The number of aromatic nitrogens is 5. The number of fused-ring (bicyclic) bond motifs is 10. The zero-order valence-corrected chi connectivity index (χ0v) is 40.5. The fourth-order valence-corrected chi connectivity index (χ4v) is 20.0. The minimum atomic E-state index is -5.64. The fraction of sp³-hybridized carbons (Fsp3) is 0. The van der Waals surface area contributed by atoms with Gasteiger partial charge in [0.2, 0.25) is 0 Å². The second-order valence-corrected chi connectivity index (χ2v) is 24.7. The van der Waals surface area contributed by atoms with Crippen LogP contribution < -0.4 is 41.5 Å². The zero-order valence-electron chi connectivity index (χ0n) is 73.5. The van der Waals surface area contributed by atoms with Crippen LogP contribution >= 0.6 is 0 Å². The fourth-order valence-electron chi connectivity index (χ4n) is 11.0. The lowest BCUT2D eigenvalue weighted by Gasteiger charge is -2.40. The van der Waals surface area contributed by atoms with Gasteiger partial charge in [-0.15, -0.1) is 0 Å². The van der Waals surface area contributed by atoms with Gasteiger partial charge in [0.25, 0.3) is 0 Å². The van der Waals surface area contributed by atoms with Gasteiger partial charge in [-0.05, 0) is 65.7 Å². The molecule has 16 rings (SSSR count). The quantitative estimate of drug-likeness (QED) is 0.150. The lowest BCUT2D eigenvalue weighted by molar-refractivity contribution is 1.07. The molecule has 5 nitrogen and oxygen atoms in total. The summed E-state index contributed by atoms with van der Waals surface area (Å²) in [4.78, 5) is 13.9. The number of nitrogens with zero attached hydrogens (tertiary/aromatic N) is 5. The molecule has 0 radical (unpaired) electrons. The van der Waals surface area contributed by atoms with Gasteiger partial charge in [-0.2, -0.15) is 0 Å². The lowest BCUT2D eigenvalue weighted by Crippen LogP contribution is -2.76. The first kappa shape index (κ1) is 21.0. The van der Waals surface area contributed by atoms with Crippen molar-refractivity contribution in [3.05, 3.63) is 272 Å². The number of hydrogen-bond donors (Lipinski definition) is 0. The maximum Gasteiger partial charge on any atom is 0.184 e. The molecule has 2 unspecified atom stereocenters. The molecular weight excluding hydrogens is 955 g/mol. The third-order valence-corrected chi connectivity index (χ3v) is 22.8. The highest BCUT2D eigenvalue weighted by Crippen LogP contribution is 2.38. The molecular formula is C69H45N5Si2. The molecule has 2 atom stereocenters. The minimum absolute atomic E-state index is 0.0826. The molecule has 0 saturated carbocycles. The van der Waals surface area contributed by atoms with Crippen molar-refractivity contribution in [3.8, 4) is 45.5 Å². The van der Waals surface area contributed by atoms with Crippen molar-refractivity contribution >= 4 is 101 Å². The van der Waals surface area contributed by atoms with Crippen molar-refractivity contribution in [2.75, 3.05) is 0 Å². The number of rotatable bonds is 7. The van der Waals surface area contributed by atoms with Gasteiger partial charge in [0.05, 0.1) is 70.0 Å². The molecule has 0 fully saturated rings. The van der Waals surface area contributed by atoms with Gasteiger partial charge in [-0.3, -0.25) is 0 Å². The summed E-state index contributed by atoms with van der Waals surface area (Å²) in [7, 11) is -11.3. The van der Waals surface area contributed by atoms with Crippen molar-refractivity contribution in [1.82, 2.24) is 24.1 Å². The average molecular weight is 1040 g/mol. The van der Waals surface area contributed by atoms with Crippen LogP contribution in [0.2, 0.25) is 0 Å². The Bertz CT molecular complexity index is 6400. The summed E-state index contributed by atoms with van der Waals surface area (Å²) in [6.07, 6.45) is 0. The molecule has 354 valence electrons. The maximum absolute atomic E-state index is 10.9. The molecule has 0 bridgehead atoms. The van der Waals surface area contributed by atoms with Crippen LogP contribution in [-0.4, -0.2) is 40.2 Å². The average Bonchev–Trinajstić information content (AvgIpc) is 1.16. The molecule has 2 aliphatic heterocycles. The van der Waals surface area contributed by atoms with Crippen LogP contribution in [-0.2, 0) is 0 Å². The van der Waals surface area contributed by atoms with Crippen LogP contribution in [0, 0.1) is 0 Å². The first-order valence-electron chi connectivity index (χ1n) is 40.8. The smallest absolute Gasteiger partial charge is 0.184 e. The molecule has 0 saturated heterocycles. The largest absolute Gasteiger partial charge is 0.309 e. The predicted molar refractivity (Wildman–Crippen MR) is 319 cm³/mol. The van der Waals surface area contributed by atoms with Gasteiger partial charge in [0, 0.05) is 49.6 Å². The summed E-state index contributed by atoms with van der Waals surface area (Å²) in [6, 6.07) is -18.9. The van der Waals surface area contributed by atoms with Gasteiger partial charge >= 0.3 is 0 Å². The second kappa shape index (κ2) is 16.5. The van der Waals surface area contributed by atoms with E-state index in [0.29, 0.717) is 0 Å². The summed E-state index contributed by atoms with van der Waals surface area (Å²) in [6.45, 7) is 0. The normalized spacial score (nSPS) is 22.7. The Hall–Kier alpha value is -9.54. The van der Waals surface area contributed by atoms with E-state index < -0.39 is 348 Å². The predicted octanol–water partition coefficient (Wildman–Crippen LogP) is 10.4. The summed E-state index contributed by atoms with van der Waals surface area (Å²) in [5.74, 6) is -3.14. The highest BCUT2D eigenvalue weighted by Gasteiger charge is 2.49. The Balaban J connectivity index is 1.11. The Morgan fingerprint density at radius 2 is 0.671 bits per heavy atom.